The van der Waals surface area contributed by atoms with Crippen molar-refractivity contribution >= 4 is 17.2 Å². The predicted molar refractivity (Wildman–Crippen MR) is 129 cm³/mol. The van der Waals surface area contributed by atoms with E-state index in [0.717, 1.165) is 54.7 Å². The number of amides is 1. The average Bonchev–Trinajstić information content (AvgIpc) is 3.32. The number of nitrogens with one attached hydrogen (secondary N) is 1. The Balaban J connectivity index is 1.34. The Morgan fingerprint density at radius 2 is 1.85 bits per heavy atom. The zero-order valence-corrected chi connectivity index (χ0v) is 19.8. The first-order valence-electron chi connectivity index (χ1n) is 11.0. The highest BCUT2D eigenvalue weighted by atomic mass is 32.1. The third-order valence-corrected chi connectivity index (χ3v) is 6.56. The highest BCUT2D eigenvalue weighted by Crippen LogP contribution is 2.33. The number of nitrogens with zero attached hydrogens (tertiary/aromatic N) is 2. The van der Waals surface area contributed by atoms with E-state index in [1.807, 2.05) is 35.7 Å². The van der Waals surface area contributed by atoms with Gasteiger partial charge in [0.25, 0.3) is 0 Å². The van der Waals surface area contributed by atoms with E-state index >= 15 is 0 Å². The van der Waals surface area contributed by atoms with Gasteiger partial charge in [-0.15, -0.1) is 11.3 Å². The number of ether oxygens (including phenoxy) is 3. The molecule has 1 aromatic heterocycles. The van der Waals surface area contributed by atoms with E-state index in [1.165, 1.54) is 16.9 Å². The fraction of sp³-hybridized carbons (Fsp3) is 0.360. The predicted octanol–water partition coefficient (Wildman–Crippen LogP) is 3.52. The summed E-state index contributed by atoms with van der Waals surface area (Å²) in [5, 5.41) is 5.82. The van der Waals surface area contributed by atoms with Crippen LogP contribution in [0.15, 0.2) is 47.8 Å². The van der Waals surface area contributed by atoms with Gasteiger partial charge in [-0.3, -0.25) is 9.69 Å². The van der Waals surface area contributed by atoms with Gasteiger partial charge in [-0.1, -0.05) is 24.3 Å². The summed E-state index contributed by atoms with van der Waals surface area (Å²) in [4.78, 5) is 19.6. The summed E-state index contributed by atoms with van der Waals surface area (Å²) in [7, 11) is 3.22. The van der Waals surface area contributed by atoms with Crippen molar-refractivity contribution in [2.75, 3.05) is 40.5 Å². The molecular weight excluding hydrogens is 438 g/mol. The molecular formula is C25H29N3O4S. The van der Waals surface area contributed by atoms with Crippen molar-refractivity contribution in [3.05, 3.63) is 64.7 Å². The zero-order valence-electron chi connectivity index (χ0n) is 19.0. The molecule has 2 aromatic carbocycles. The fourth-order valence-corrected chi connectivity index (χ4v) is 4.61. The van der Waals surface area contributed by atoms with Crippen LogP contribution in [0.5, 0.6) is 11.5 Å². The number of carbonyl (C=O) groups excluding carboxylic acids is 1. The van der Waals surface area contributed by atoms with Crippen LogP contribution >= 0.6 is 11.3 Å². The molecule has 1 aliphatic heterocycles. The van der Waals surface area contributed by atoms with Gasteiger partial charge >= 0.3 is 0 Å². The number of carbonyl (C=O) groups is 1. The van der Waals surface area contributed by atoms with Crippen molar-refractivity contribution in [2.45, 2.75) is 19.5 Å². The highest BCUT2D eigenvalue weighted by Gasteiger charge is 2.14. The molecule has 0 spiro atoms. The minimum Gasteiger partial charge on any atom is -0.493 e. The molecule has 0 atom stereocenters. The summed E-state index contributed by atoms with van der Waals surface area (Å²) in [6.07, 6.45) is 0.245. The van der Waals surface area contributed by atoms with Gasteiger partial charge in [0.1, 0.15) is 5.01 Å². The minimum atomic E-state index is -0.0414. The van der Waals surface area contributed by atoms with E-state index in [0.29, 0.717) is 18.0 Å². The monoisotopic (exact) mass is 467 g/mol. The van der Waals surface area contributed by atoms with Crippen LogP contribution < -0.4 is 14.8 Å². The fourth-order valence-electron chi connectivity index (χ4n) is 3.80. The molecule has 1 N–H and O–H groups in total. The van der Waals surface area contributed by atoms with Gasteiger partial charge in [0, 0.05) is 37.1 Å². The van der Waals surface area contributed by atoms with E-state index in [9.17, 15) is 4.79 Å². The van der Waals surface area contributed by atoms with Gasteiger partial charge in [0.2, 0.25) is 5.91 Å². The molecule has 1 saturated heterocycles. The van der Waals surface area contributed by atoms with E-state index < -0.39 is 0 Å². The summed E-state index contributed by atoms with van der Waals surface area (Å²) >= 11 is 1.51. The SMILES string of the molecule is COc1ccc(-c2nc(CC(=O)NCc3ccccc3CN3CCOCC3)cs2)cc1OC. The number of aromatic nitrogens is 1. The number of methoxy groups -OCH3 is 2. The van der Waals surface area contributed by atoms with E-state index in [1.54, 1.807) is 14.2 Å². The van der Waals surface area contributed by atoms with Crippen molar-refractivity contribution in [3.8, 4) is 22.1 Å². The summed E-state index contributed by atoms with van der Waals surface area (Å²) in [6, 6.07) is 14.0. The average molecular weight is 468 g/mol. The Kier molecular flexibility index (Phi) is 7.93. The Hall–Kier alpha value is -2.94. The summed E-state index contributed by atoms with van der Waals surface area (Å²) in [6.45, 7) is 4.80. The normalized spacial score (nSPS) is 14.1. The molecule has 1 fully saturated rings. The molecule has 4 rings (SSSR count). The second-order valence-electron chi connectivity index (χ2n) is 7.82. The molecule has 1 aliphatic rings. The molecule has 1 amide bonds. The number of thiazole rings is 1. The lowest BCUT2D eigenvalue weighted by Gasteiger charge is -2.27. The maximum Gasteiger partial charge on any atom is 0.226 e. The van der Waals surface area contributed by atoms with Crippen molar-refractivity contribution in [1.29, 1.82) is 0 Å². The molecule has 2 heterocycles. The highest BCUT2D eigenvalue weighted by molar-refractivity contribution is 7.13. The van der Waals surface area contributed by atoms with Gasteiger partial charge in [0.15, 0.2) is 11.5 Å². The number of morpholine rings is 1. The van der Waals surface area contributed by atoms with Crippen LogP contribution in [0.2, 0.25) is 0 Å². The molecule has 0 bridgehead atoms. The molecule has 174 valence electrons. The second-order valence-corrected chi connectivity index (χ2v) is 8.68. The summed E-state index contributed by atoms with van der Waals surface area (Å²) in [5.41, 5.74) is 4.07. The maximum atomic E-state index is 12.6. The van der Waals surface area contributed by atoms with Gasteiger partial charge in [0.05, 0.1) is 39.5 Å². The molecule has 0 saturated carbocycles. The molecule has 0 unspecified atom stereocenters. The smallest absolute Gasteiger partial charge is 0.226 e. The molecule has 0 radical (unpaired) electrons. The first kappa shape index (κ1) is 23.2. The van der Waals surface area contributed by atoms with Crippen LogP contribution in [-0.4, -0.2) is 56.3 Å². The van der Waals surface area contributed by atoms with Crippen molar-refractivity contribution in [1.82, 2.24) is 15.2 Å². The first-order valence-corrected chi connectivity index (χ1v) is 11.8. The second kappa shape index (κ2) is 11.3. The topological polar surface area (TPSA) is 72.9 Å². The zero-order chi connectivity index (χ0) is 23.0. The Labute approximate surface area is 198 Å². The van der Waals surface area contributed by atoms with Gasteiger partial charge in [-0.25, -0.2) is 4.98 Å². The lowest BCUT2D eigenvalue weighted by molar-refractivity contribution is -0.120. The third kappa shape index (κ3) is 6.10. The quantitative estimate of drug-likeness (QED) is 0.519. The van der Waals surface area contributed by atoms with Crippen LogP contribution in [0.4, 0.5) is 0 Å². The van der Waals surface area contributed by atoms with E-state index in [2.05, 4.69) is 27.3 Å². The number of rotatable bonds is 9. The van der Waals surface area contributed by atoms with Crippen LogP contribution in [0.25, 0.3) is 10.6 Å². The van der Waals surface area contributed by atoms with E-state index in [4.69, 9.17) is 14.2 Å². The summed E-state index contributed by atoms with van der Waals surface area (Å²) < 4.78 is 16.1. The molecule has 7 nitrogen and oxygen atoms in total. The van der Waals surface area contributed by atoms with Crippen LogP contribution in [0.1, 0.15) is 16.8 Å². The molecule has 3 aromatic rings. The Morgan fingerprint density at radius 3 is 2.61 bits per heavy atom. The molecule has 33 heavy (non-hydrogen) atoms. The van der Waals surface area contributed by atoms with E-state index in [-0.39, 0.29) is 12.3 Å². The third-order valence-electron chi connectivity index (χ3n) is 5.62. The van der Waals surface area contributed by atoms with Gasteiger partial charge < -0.3 is 19.5 Å². The Morgan fingerprint density at radius 1 is 1.09 bits per heavy atom. The van der Waals surface area contributed by atoms with Gasteiger partial charge in [-0.2, -0.15) is 0 Å². The molecule has 0 aliphatic carbocycles. The minimum absolute atomic E-state index is 0.0414. The summed E-state index contributed by atoms with van der Waals surface area (Å²) in [5.74, 6) is 1.28. The first-order chi connectivity index (χ1) is 16.2. The standard InChI is InChI=1S/C25H29N3O4S/c1-30-22-8-7-18(13-23(22)31-2)25-27-21(17-33-25)14-24(29)26-15-19-5-3-4-6-20(19)16-28-9-11-32-12-10-28/h3-8,13,17H,9-12,14-16H2,1-2H3,(H,26,29). The van der Waals surface area contributed by atoms with Crippen molar-refractivity contribution < 1.29 is 19.0 Å². The van der Waals surface area contributed by atoms with Crippen LogP contribution in [-0.2, 0) is 29.0 Å². The largest absolute Gasteiger partial charge is 0.493 e. The van der Waals surface area contributed by atoms with Crippen LogP contribution in [0.3, 0.4) is 0 Å². The molecule has 8 heteroatoms. The number of hydrogen-bond acceptors (Lipinski definition) is 7. The van der Waals surface area contributed by atoms with Crippen molar-refractivity contribution in [2.24, 2.45) is 0 Å². The number of benzene rings is 2. The van der Waals surface area contributed by atoms with Crippen LogP contribution in [0, 0.1) is 0 Å². The Bertz CT molecular complexity index is 1080. The lowest BCUT2D eigenvalue weighted by atomic mass is 10.1. The lowest BCUT2D eigenvalue weighted by Crippen LogP contribution is -2.36. The number of hydrogen-bond donors (Lipinski definition) is 1. The van der Waals surface area contributed by atoms with Crippen molar-refractivity contribution in [3.63, 3.8) is 0 Å². The van der Waals surface area contributed by atoms with Gasteiger partial charge in [-0.05, 0) is 29.3 Å². The maximum absolute atomic E-state index is 12.6.